The van der Waals surface area contributed by atoms with Gasteiger partial charge >= 0.3 is 0 Å². The average molecular weight is 419 g/mol. The molecule has 6 nitrogen and oxygen atoms in total. The van der Waals surface area contributed by atoms with Gasteiger partial charge in [-0.25, -0.2) is 9.97 Å². The normalized spacial score (nSPS) is 23.8. The Morgan fingerprint density at radius 3 is 2.55 bits per heavy atom. The molecular formula is C25H30N4O2. The second-order valence-corrected chi connectivity index (χ2v) is 9.36. The van der Waals surface area contributed by atoms with Gasteiger partial charge in [0.05, 0.1) is 5.69 Å². The molecule has 1 unspecified atom stereocenters. The molecule has 3 heterocycles. The second-order valence-electron chi connectivity index (χ2n) is 9.36. The molecular weight excluding hydrogens is 388 g/mol. The maximum atomic E-state index is 13.4. The third-order valence-corrected chi connectivity index (χ3v) is 7.45. The summed E-state index contributed by atoms with van der Waals surface area (Å²) >= 11 is 0. The molecule has 2 aliphatic heterocycles. The second kappa shape index (κ2) is 8.06. The highest BCUT2D eigenvalue weighted by molar-refractivity contribution is 5.80. The minimum atomic E-state index is -0.0458. The number of rotatable bonds is 2. The third-order valence-electron chi connectivity index (χ3n) is 7.45. The Morgan fingerprint density at radius 2 is 1.81 bits per heavy atom. The number of fused-ring (bicyclic) bond motifs is 2. The predicted molar refractivity (Wildman–Crippen MR) is 118 cm³/mol. The molecule has 2 fully saturated rings. The van der Waals surface area contributed by atoms with Gasteiger partial charge in [0.1, 0.15) is 0 Å². The lowest BCUT2D eigenvalue weighted by Crippen LogP contribution is -2.51. The molecule has 162 valence electrons. The van der Waals surface area contributed by atoms with Crippen molar-refractivity contribution in [2.24, 2.45) is 5.92 Å². The SMILES string of the molecule is CC(=O)N1CCC(C(=O)N2CCCC3(CCc4cnc(-c5ccccc5)nc43)C2)CC1. The largest absolute Gasteiger partial charge is 0.343 e. The summed E-state index contributed by atoms with van der Waals surface area (Å²) in [6.45, 7) is 4.60. The molecule has 2 aromatic rings. The molecule has 31 heavy (non-hydrogen) atoms. The van der Waals surface area contributed by atoms with Gasteiger partial charge in [-0.2, -0.15) is 0 Å². The number of benzene rings is 1. The fourth-order valence-electron chi connectivity index (χ4n) is 5.68. The van der Waals surface area contributed by atoms with Gasteiger partial charge in [-0.1, -0.05) is 30.3 Å². The molecule has 1 aliphatic carbocycles. The summed E-state index contributed by atoms with van der Waals surface area (Å²) in [6, 6.07) is 10.1. The Kier molecular flexibility index (Phi) is 5.24. The lowest BCUT2D eigenvalue weighted by atomic mass is 9.77. The maximum Gasteiger partial charge on any atom is 0.225 e. The van der Waals surface area contributed by atoms with Crippen LogP contribution in [0.2, 0.25) is 0 Å². The molecule has 0 saturated carbocycles. The van der Waals surface area contributed by atoms with Crippen LogP contribution in [0.4, 0.5) is 0 Å². The average Bonchev–Trinajstić information content (AvgIpc) is 3.16. The number of carbonyl (C=O) groups excluding carboxylic acids is 2. The van der Waals surface area contributed by atoms with Gasteiger partial charge in [-0.3, -0.25) is 9.59 Å². The number of carbonyl (C=O) groups is 2. The van der Waals surface area contributed by atoms with E-state index in [9.17, 15) is 9.59 Å². The van der Waals surface area contributed by atoms with Crippen molar-refractivity contribution in [3.63, 3.8) is 0 Å². The van der Waals surface area contributed by atoms with Gasteiger partial charge < -0.3 is 9.80 Å². The number of aryl methyl sites for hydroxylation is 1. The molecule has 1 aromatic heterocycles. The fraction of sp³-hybridized carbons (Fsp3) is 0.520. The lowest BCUT2D eigenvalue weighted by molar-refractivity contribution is -0.142. The van der Waals surface area contributed by atoms with E-state index in [0.717, 1.165) is 68.7 Å². The summed E-state index contributed by atoms with van der Waals surface area (Å²) in [7, 11) is 0. The quantitative estimate of drug-likeness (QED) is 0.751. The first-order valence-electron chi connectivity index (χ1n) is 11.5. The van der Waals surface area contributed by atoms with Crippen molar-refractivity contribution in [3.8, 4) is 11.4 Å². The Morgan fingerprint density at radius 1 is 1.03 bits per heavy atom. The van der Waals surface area contributed by atoms with E-state index in [4.69, 9.17) is 4.98 Å². The number of hydrogen-bond donors (Lipinski definition) is 0. The van der Waals surface area contributed by atoms with Crippen molar-refractivity contribution in [3.05, 3.63) is 47.8 Å². The van der Waals surface area contributed by atoms with Crippen LogP contribution < -0.4 is 0 Å². The van der Waals surface area contributed by atoms with Crippen molar-refractivity contribution in [1.29, 1.82) is 0 Å². The number of piperidine rings is 2. The van der Waals surface area contributed by atoms with E-state index in [1.807, 2.05) is 41.4 Å². The standard InChI is InChI=1S/C25H30N4O2/c1-18(30)28-14-9-20(10-15-28)24(31)29-13-5-11-25(17-29)12-8-21-16-26-23(27-22(21)25)19-6-3-2-4-7-19/h2-4,6-7,16,20H,5,8-15,17H2,1H3. The van der Waals surface area contributed by atoms with Crippen LogP contribution in [0, 0.1) is 5.92 Å². The highest BCUT2D eigenvalue weighted by atomic mass is 16.2. The fourth-order valence-corrected chi connectivity index (χ4v) is 5.68. The van der Waals surface area contributed by atoms with Crippen molar-refractivity contribution in [2.75, 3.05) is 26.2 Å². The summed E-state index contributed by atoms with van der Waals surface area (Å²) in [6.07, 6.45) is 7.68. The molecule has 5 rings (SSSR count). The summed E-state index contributed by atoms with van der Waals surface area (Å²) in [5.74, 6) is 1.20. The van der Waals surface area contributed by atoms with Crippen molar-refractivity contribution in [2.45, 2.75) is 50.9 Å². The van der Waals surface area contributed by atoms with Crippen LogP contribution in [0.15, 0.2) is 36.5 Å². The van der Waals surface area contributed by atoms with Gasteiger partial charge in [0.2, 0.25) is 11.8 Å². The molecule has 1 atom stereocenters. The van der Waals surface area contributed by atoms with Gasteiger partial charge in [-0.15, -0.1) is 0 Å². The Labute approximate surface area is 183 Å². The Hall–Kier alpha value is -2.76. The molecule has 1 spiro atoms. The van der Waals surface area contributed by atoms with Gasteiger partial charge in [0.25, 0.3) is 0 Å². The van der Waals surface area contributed by atoms with E-state index < -0.39 is 0 Å². The van der Waals surface area contributed by atoms with Crippen molar-refractivity contribution >= 4 is 11.8 Å². The predicted octanol–water partition coefficient (Wildman–Crippen LogP) is 3.21. The molecule has 1 aromatic carbocycles. The Bertz CT molecular complexity index is 980. The van der Waals surface area contributed by atoms with Gasteiger partial charge in [-0.05, 0) is 44.1 Å². The van der Waals surface area contributed by atoms with Crippen LogP contribution in [-0.2, 0) is 21.4 Å². The minimum Gasteiger partial charge on any atom is -0.343 e. The maximum absolute atomic E-state index is 13.4. The zero-order chi connectivity index (χ0) is 21.4. The van der Waals surface area contributed by atoms with E-state index in [0.29, 0.717) is 13.1 Å². The van der Waals surface area contributed by atoms with E-state index in [2.05, 4.69) is 9.88 Å². The van der Waals surface area contributed by atoms with Crippen LogP contribution in [-0.4, -0.2) is 57.8 Å². The first-order chi connectivity index (χ1) is 15.1. The molecule has 3 aliphatic rings. The van der Waals surface area contributed by atoms with Gasteiger partial charge in [0, 0.05) is 56.2 Å². The molecule has 2 saturated heterocycles. The molecule has 2 amide bonds. The topological polar surface area (TPSA) is 66.4 Å². The van der Waals surface area contributed by atoms with Crippen LogP contribution in [0.1, 0.15) is 50.3 Å². The first-order valence-corrected chi connectivity index (χ1v) is 11.5. The monoisotopic (exact) mass is 418 g/mol. The number of likely N-dealkylation sites (tertiary alicyclic amines) is 2. The van der Waals surface area contributed by atoms with Crippen LogP contribution in [0.3, 0.4) is 0 Å². The first kappa shape index (κ1) is 20.2. The highest BCUT2D eigenvalue weighted by Gasteiger charge is 2.45. The summed E-state index contributed by atoms with van der Waals surface area (Å²) in [5.41, 5.74) is 3.39. The smallest absolute Gasteiger partial charge is 0.225 e. The van der Waals surface area contributed by atoms with Gasteiger partial charge in [0.15, 0.2) is 5.82 Å². The Balaban J connectivity index is 1.35. The number of nitrogens with zero attached hydrogens (tertiary/aromatic N) is 4. The zero-order valence-corrected chi connectivity index (χ0v) is 18.2. The number of amides is 2. The number of hydrogen-bond acceptors (Lipinski definition) is 4. The van der Waals surface area contributed by atoms with E-state index in [1.54, 1.807) is 6.92 Å². The minimum absolute atomic E-state index is 0.0388. The van der Waals surface area contributed by atoms with Crippen LogP contribution >= 0.6 is 0 Å². The van der Waals surface area contributed by atoms with Crippen LogP contribution in [0.25, 0.3) is 11.4 Å². The molecule has 0 bridgehead atoms. The lowest BCUT2D eigenvalue weighted by Gasteiger charge is -2.42. The van der Waals surface area contributed by atoms with E-state index >= 15 is 0 Å². The van der Waals surface area contributed by atoms with E-state index in [1.165, 1.54) is 5.56 Å². The molecule has 0 N–H and O–H groups in total. The van der Waals surface area contributed by atoms with Crippen molar-refractivity contribution in [1.82, 2.24) is 19.8 Å². The van der Waals surface area contributed by atoms with Crippen molar-refractivity contribution < 1.29 is 9.59 Å². The van der Waals surface area contributed by atoms with Crippen LogP contribution in [0.5, 0.6) is 0 Å². The zero-order valence-electron chi connectivity index (χ0n) is 18.2. The molecule has 0 radical (unpaired) electrons. The molecule has 6 heteroatoms. The highest BCUT2D eigenvalue weighted by Crippen LogP contribution is 2.44. The number of aromatic nitrogens is 2. The summed E-state index contributed by atoms with van der Waals surface area (Å²) < 4.78 is 0. The van der Waals surface area contributed by atoms with E-state index in [-0.39, 0.29) is 23.1 Å². The summed E-state index contributed by atoms with van der Waals surface area (Å²) in [4.78, 5) is 38.6. The summed E-state index contributed by atoms with van der Waals surface area (Å²) in [5, 5.41) is 0. The third kappa shape index (κ3) is 3.73.